The third kappa shape index (κ3) is 3.07. The summed E-state index contributed by atoms with van der Waals surface area (Å²) in [6.07, 6.45) is 0.0887. The Bertz CT molecular complexity index is 543. The second kappa shape index (κ2) is 5.77. The predicted molar refractivity (Wildman–Crippen MR) is 70.4 cm³/mol. The van der Waals surface area contributed by atoms with Gasteiger partial charge in [-0.15, -0.1) is 0 Å². The van der Waals surface area contributed by atoms with Gasteiger partial charge in [0, 0.05) is 11.3 Å². The summed E-state index contributed by atoms with van der Waals surface area (Å²) in [6, 6.07) is 4.40. The van der Waals surface area contributed by atoms with Crippen LogP contribution in [0.3, 0.4) is 0 Å². The normalized spacial score (nSPS) is 12.7. The van der Waals surface area contributed by atoms with Crippen molar-refractivity contribution in [3.8, 4) is 0 Å². The van der Waals surface area contributed by atoms with Crippen LogP contribution in [-0.2, 0) is 6.42 Å². The topological polar surface area (TPSA) is 46.0 Å². The predicted octanol–water partition coefficient (Wildman–Crippen LogP) is 3.44. The van der Waals surface area contributed by atoms with Gasteiger partial charge in [0.15, 0.2) is 4.34 Å². The van der Waals surface area contributed by atoms with Crippen molar-refractivity contribution < 1.29 is 9.50 Å². The molecule has 1 N–H and O–H groups in total. The molecular formula is C12H13FN2OS2. The molecule has 2 aromatic rings. The van der Waals surface area contributed by atoms with E-state index >= 15 is 0 Å². The summed E-state index contributed by atoms with van der Waals surface area (Å²) in [5.41, 5.74) is 0.577. The van der Waals surface area contributed by atoms with E-state index in [1.807, 2.05) is 6.92 Å². The molecular weight excluding hydrogens is 271 g/mol. The van der Waals surface area contributed by atoms with E-state index in [-0.39, 0.29) is 5.82 Å². The lowest BCUT2D eigenvalue weighted by Gasteiger charge is -2.10. The van der Waals surface area contributed by atoms with Crippen LogP contribution in [0.4, 0.5) is 4.39 Å². The summed E-state index contributed by atoms with van der Waals surface area (Å²) in [6.45, 7) is 3.62. The highest BCUT2D eigenvalue weighted by Crippen LogP contribution is 2.34. The molecule has 3 nitrogen and oxygen atoms in total. The van der Waals surface area contributed by atoms with Gasteiger partial charge in [0.05, 0.1) is 6.10 Å². The fourth-order valence-electron chi connectivity index (χ4n) is 1.46. The average molecular weight is 284 g/mol. The fraction of sp³-hybridized carbons (Fsp3) is 0.333. The van der Waals surface area contributed by atoms with E-state index in [1.54, 1.807) is 13.0 Å². The molecule has 96 valence electrons. The lowest BCUT2D eigenvalue weighted by atomic mass is 10.1. The second-order valence-electron chi connectivity index (χ2n) is 3.79. The van der Waals surface area contributed by atoms with Crippen LogP contribution >= 0.6 is 23.3 Å². The Morgan fingerprint density at radius 3 is 2.89 bits per heavy atom. The molecule has 1 aromatic heterocycles. The number of hydrogen-bond donors (Lipinski definition) is 1. The van der Waals surface area contributed by atoms with E-state index in [4.69, 9.17) is 0 Å². The van der Waals surface area contributed by atoms with E-state index in [1.165, 1.54) is 35.4 Å². The lowest BCUT2D eigenvalue weighted by Crippen LogP contribution is -1.95. The molecule has 0 aliphatic heterocycles. The van der Waals surface area contributed by atoms with E-state index in [0.717, 1.165) is 21.5 Å². The molecule has 0 aliphatic carbocycles. The number of benzene rings is 1. The van der Waals surface area contributed by atoms with Crippen molar-refractivity contribution in [2.45, 2.75) is 35.6 Å². The van der Waals surface area contributed by atoms with Gasteiger partial charge in [-0.2, -0.15) is 4.37 Å². The molecule has 6 heteroatoms. The van der Waals surface area contributed by atoms with Gasteiger partial charge in [-0.1, -0.05) is 18.7 Å². The number of aliphatic hydroxyl groups excluding tert-OH is 1. The second-order valence-corrected chi connectivity index (χ2v) is 5.83. The summed E-state index contributed by atoms with van der Waals surface area (Å²) in [4.78, 5) is 5.15. The molecule has 0 radical (unpaired) electrons. The average Bonchev–Trinajstić information content (AvgIpc) is 2.79. The van der Waals surface area contributed by atoms with Crippen molar-refractivity contribution in [2.24, 2.45) is 0 Å². The van der Waals surface area contributed by atoms with Crippen LogP contribution in [0.1, 0.15) is 31.3 Å². The number of nitrogens with zero attached hydrogens (tertiary/aromatic N) is 2. The smallest absolute Gasteiger partial charge is 0.174 e. The van der Waals surface area contributed by atoms with Crippen LogP contribution in [0.15, 0.2) is 27.4 Å². The minimum absolute atomic E-state index is 0.346. The van der Waals surface area contributed by atoms with E-state index < -0.39 is 6.10 Å². The molecule has 18 heavy (non-hydrogen) atoms. The van der Waals surface area contributed by atoms with Crippen molar-refractivity contribution in [1.29, 1.82) is 0 Å². The maximum absolute atomic E-state index is 13.2. The highest BCUT2D eigenvalue weighted by atomic mass is 32.2. The Kier molecular flexibility index (Phi) is 4.31. The van der Waals surface area contributed by atoms with Gasteiger partial charge in [-0.05, 0) is 42.2 Å². The third-order valence-corrected chi connectivity index (χ3v) is 4.27. The molecule has 0 saturated heterocycles. The Morgan fingerprint density at radius 1 is 1.50 bits per heavy atom. The molecule has 0 bridgehead atoms. The molecule has 0 amide bonds. The molecule has 1 aromatic carbocycles. The summed E-state index contributed by atoms with van der Waals surface area (Å²) in [7, 11) is 0. The van der Waals surface area contributed by atoms with Gasteiger partial charge in [-0.3, -0.25) is 0 Å². The zero-order valence-electron chi connectivity index (χ0n) is 10.1. The molecule has 0 spiro atoms. The van der Waals surface area contributed by atoms with Gasteiger partial charge in [-0.25, -0.2) is 9.37 Å². The lowest BCUT2D eigenvalue weighted by molar-refractivity contribution is 0.196. The van der Waals surface area contributed by atoms with Crippen LogP contribution in [0, 0.1) is 5.82 Å². The third-order valence-electron chi connectivity index (χ3n) is 2.38. The fourth-order valence-corrected chi connectivity index (χ4v) is 3.31. The first kappa shape index (κ1) is 13.5. The number of aliphatic hydroxyl groups is 1. The van der Waals surface area contributed by atoms with E-state index in [0.29, 0.717) is 5.56 Å². The summed E-state index contributed by atoms with van der Waals surface area (Å²) >= 11 is 2.73. The highest BCUT2D eigenvalue weighted by Gasteiger charge is 2.12. The van der Waals surface area contributed by atoms with Crippen LogP contribution < -0.4 is 0 Å². The van der Waals surface area contributed by atoms with Gasteiger partial charge in [0.25, 0.3) is 0 Å². The number of aryl methyl sites for hydroxylation is 1. The zero-order chi connectivity index (χ0) is 13.1. The summed E-state index contributed by atoms with van der Waals surface area (Å²) < 4.78 is 18.2. The quantitative estimate of drug-likeness (QED) is 0.934. The molecule has 1 atom stereocenters. The molecule has 0 fully saturated rings. The Hall–Kier alpha value is -0.980. The first-order chi connectivity index (χ1) is 8.60. The van der Waals surface area contributed by atoms with Gasteiger partial charge in [0.2, 0.25) is 0 Å². The highest BCUT2D eigenvalue weighted by molar-refractivity contribution is 8.01. The molecule has 0 saturated carbocycles. The Balaban J connectivity index is 2.28. The maximum atomic E-state index is 13.2. The molecule has 2 rings (SSSR count). The van der Waals surface area contributed by atoms with Gasteiger partial charge < -0.3 is 5.11 Å². The van der Waals surface area contributed by atoms with Gasteiger partial charge in [0.1, 0.15) is 11.6 Å². The first-order valence-electron chi connectivity index (χ1n) is 5.58. The van der Waals surface area contributed by atoms with Gasteiger partial charge >= 0.3 is 0 Å². The summed E-state index contributed by atoms with van der Waals surface area (Å²) in [5.74, 6) is 0.463. The molecule has 0 unspecified atom stereocenters. The summed E-state index contributed by atoms with van der Waals surface area (Å²) in [5, 5.41) is 9.65. The van der Waals surface area contributed by atoms with Crippen molar-refractivity contribution in [3.63, 3.8) is 0 Å². The van der Waals surface area contributed by atoms with Crippen LogP contribution in [0.2, 0.25) is 0 Å². The van der Waals surface area contributed by atoms with Crippen molar-refractivity contribution >= 4 is 23.3 Å². The van der Waals surface area contributed by atoms with E-state index in [9.17, 15) is 9.50 Å². The minimum Gasteiger partial charge on any atom is -0.389 e. The van der Waals surface area contributed by atoms with Crippen LogP contribution in [0.5, 0.6) is 0 Å². The Morgan fingerprint density at radius 2 is 2.28 bits per heavy atom. The number of rotatable bonds is 4. The Labute approximate surface area is 113 Å². The SMILES string of the molecule is CCc1nsc(Sc2ccc(F)cc2[C@H](C)O)n1. The molecule has 0 aliphatic rings. The number of aromatic nitrogens is 2. The standard InChI is InChI=1S/C12H13FN2OS2/c1-3-11-14-12(18-15-11)17-10-5-4-8(13)6-9(10)7(2)16/h4-7,16H,3H2,1-2H3/t7-/m0/s1. The number of halogens is 1. The molecule has 1 heterocycles. The van der Waals surface area contributed by atoms with Crippen LogP contribution in [-0.4, -0.2) is 14.5 Å². The van der Waals surface area contributed by atoms with Crippen molar-refractivity contribution in [1.82, 2.24) is 9.36 Å². The minimum atomic E-state index is -0.707. The van der Waals surface area contributed by atoms with Crippen molar-refractivity contribution in [3.05, 3.63) is 35.4 Å². The largest absolute Gasteiger partial charge is 0.389 e. The van der Waals surface area contributed by atoms with Crippen molar-refractivity contribution in [2.75, 3.05) is 0 Å². The zero-order valence-corrected chi connectivity index (χ0v) is 11.7. The van der Waals surface area contributed by atoms with E-state index in [2.05, 4.69) is 9.36 Å². The number of hydrogen-bond acceptors (Lipinski definition) is 5. The monoisotopic (exact) mass is 284 g/mol. The first-order valence-corrected chi connectivity index (χ1v) is 7.17. The van der Waals surface area contributed by atoms with Crippen LogP contribution in [0.25, 0.3) is 0 Å². The maximum Gasteiger partial charge on any atom is 0.174 e.